The first kappa shape index (κ1) is 21.3. The summed E-state index contributed by atoms with van der Waals surface area (Å²) in [7, 11) is 2.22. The minimum atomic E-state index is -4.70. The number of pyridine rings is 1. The third kappa shape index (κ3) is 4.00. The van der Waals surface area contributed by atoms with E-state index < -0.39 is 40.0 Å². The van der Waals surface area contributed by atoms with Crippen LogP contribution in [0.1, 0.15) is 24.0 Å². The van der Waals surface area contributed by atoms with Gasteiger partial charge in [0.15, 0.2) is 0 Å². The summed E-state index contributed by atoms with van der Waals surface area (Å²) < 4.78 is 55.4. The van der Waals surface area contributed by atoms with Crippen molar-refractivity contribution in [2.24, 2.45) is 0 Å². The van der Waals surface area contributed by atoms with Gasteiger partial charge in [-0.2, -0.15) is 13.2 Å². The number of ether oxygens (including phenoxy) is 3. The van der Waals surface area contributed by atoms with Gasteiger partial charge in [0.05, 0.1) is 19.1 Å². The number of benzene rings is 1. The molecule has 160 valence electrons. The molecule has 1 saturated carbocycles. The molecule has 0 aliphatic heterocycles. The van der Waals surface area contributed by atoms with Crippen molar-refractivity contribution in [3.63, 3.8) is 0 Å². The molecular formula is C19H17F3N2O6. The van der Waals surface area contributed by atoms with E-state index in [0.29, 0.717) is 12.8 Å². The standard InChI is InChI=1S/C19H17F3N2O6/c1-28-16-14(19(20,21)22)9-11(10-23-16)18(7-8-18)15(17(25)29-2)30-13-5-3-12(4-6-13)24(26)27/h3-6,9-10,15H,7-8H2,1-2H3. The van der Waals surface area contributed by atoms with Gasteiger partial charge in [-0.05, 0) is 36.6 Å². The molecule has 0 bridgehead atoms. The number of nitro benzene ring substituents is 1. The molecule has 1 aliphatic rings. The monoisotopic (exact) mass is 426 g/mol. The Morgan fingerprint density at radius 1 is 1.23 bits per heavy atom. The van der Waals surface area contributed by atoms with Gasteiger partial charge < -0.3 is 14.2 Å². The van der Waals surface area contributed by atoms with Gasteiger partial charge in [0, 0.05) is 23.7 Å². The number of hydrogen-bond donors (Lipinski definition) is 0. The molecule has 30 heavy (non-hydrogen) atoms. The number of alkyl halides is 3. The highest BCUT2D eigenvalue weighted by molar-refractivity contribution is 5.78. The minimum absolute atomic E-state index is 0.139. The van der Waals surface area contributed by atoms with Crippen molar-refractivity contribution < 1.29 is 37.1 Å². The molecule has 1 aliphatic carbocycles. The van der Waals surface area contributed by atoms with Crippen LogP contribution in [0.4, 0.5) is 18.9 Å². The minimum Gasteiger partial charge on any atom is -0.481 e. The molecule has 8 nitrogen and oxygen atoms in total. The van der Waals surface area contributed by atoms with Gasteiger partial charge in [0.2, 0.25) is 12.0 Å². The van der Waals surface area contributed by atoms with Gasteiger partial charge in [-0.1, -0.05) is 0 Å². The van der Waals surface area contributed by atoms with Crippen LogP contribution in [0.3, 0.4) is 0 Å². The molecule has 2 aromatic rings. The number of non-ortho nitro benzene ring substituents is 1. The molecule has 1 fully saturated rings. The maximum atomic E-state index is 13.4. The van der Waals surface area contributed by atoms with Gasteiger partial charge in [0.25, 0.3) is 5.69 Å². The van der Waals surface area contributed by atoms with Crippen LogP contribution in [0.15, 0.2) is 36.5 Å². The van der Waals surface area contributed by atoms with Crippen molar-refractivity contribution >= 4 is 11.7 Å². The zero-order chi connectivity index (χ0) is 22.1. The number of carbonyl (C=O) groups excluding carboxylic acids is 1. The zero-order valence-electron chi connectivity index (χ0n) is 15.9. The lowest BCUT2D eigenvalue weighted by Gasteiger charge is -2.26. The molecule has 1 atom stereocenters. The first-order chi connectivity index (χ1) is 14.1. The van der Waals surface area contributed by atoms with E-state index in [9.17, 15) is 28.1 Å². The van der Waals surface area contributed by atoms with Crippen LogP contribution in [0, 0.1) is 10.1 Å². The summed E-state index contributed by atoms with van der Waals surface area (Å²) in [4.78, 5) is 26.4. The number of nitro groups is 1. The van der Waals surface area contributed by atoms with Crippen LogP contribution in [0.5, 0.6) is 11.6 Å². The average Bonchev–Trinajstić information content (AvgIpc) is 3.52. The molecule has 1 heterocycles. The smallest absolute Gasteiger partial charge is 0.421 e. The lowest BCUT2D eigenvalue weighted by molar-refractivity contribution is -0.384. The number of halogens is 3. The molecule has 0 saturated heterocycles. The van der Waals surface area contributed by atoms with Gasteiger partial charge >= 0.3 is 12.1 Å². The number of carbonyl (C=O) groups is 1. The summed E-state index contributed by atoms with van der Waals surface area (Å²) in [6, 6.07) is 5.89. The van der Waals surface area contributed by atoms with E-state index in [-0.39, 0.29) is 17.0 Å². The molecule has 1 aromatic carbocycles. The van der Waals surface area contributed by atoms with Gasteiger partial charge in [-0.15, -0.1) is 0 Å². The lowest BCUT2D eigenvalue weighted by atomic mass is 9.89. The summed E-state index contributed by atoms with van der Waals surface area (Å²) in [5.41, 5.74) is -2.15. The fourth-order valence-corrected chi connectivity index (χ4v) is 3.20. The Kier molecular flexibility index (Phi) is 5.55. The summed E-state index contributed by atoms with van der Waals surface area (Å²) in [5, 5.41) is 10.8. The van der Waals surface area contributed by atoms with Crippen LogP contribution in [0.2, 0.25) is 0 Å². The van der Waals surface area contributed by atoms with Gasteiger partial charge in [-0.3, -0.25) is 10.1 Å². The topological polar surface area (TPSA) is 101 Å². The molecule has 0 amide bonds. The predicted octanol–water partition coefficient (Wildman–Crippen LogP) is 3.67. The number of hydrogen-bond acceptors (Lipinski definition) is 7. The van der Waals surface area contributed by atoms with Crippen molar-refractivity contribution in [1.82, 2.24) is 4.98 Å². The molecule has 0 N–H and O–H groups in total. The Hall–Kier alpha value is -3.37. The summed E-state index contributed by atoms with van der Waals surface area (Å²) in [6.45, 7) is 0. The van der Waals surface area contributed by atoms with Crippen LogP contribution in [0.25, 0.3) is 0 Å². The summed E-state index contributed by atoms with van der Waals surface area (Å²) in [5.74, 6) is -1.22. The maximum absolute atomic E-state index is 13.4. The third-order valence-electron chi connectivity index (χ3n) is 4.93. The van der Waals surface area contributed by atoms with Crippen LogP contribution >= 0.6 is 0 Å². The SMILES string of the molecule is COC(=O)C(Oc1ccc([N+](=O)[O-])cc1)C1(c2cnc(OC)c(C(F)(F)F)c2)CC1. The molecule has 0 radical (unpaired) electrons. The fourth-order valence-electron chi connectivity index (χ4n) is 3.20. The third-order valence-corrected chi connectivity index (χ3v) is 4.93. The van der Waals surface area contributed by atoms with Crippen molar-refractivity contribution in [2.75, 3.05) is 14.2 Å². The van der Waals surface area contributed by atoms with E-state index in [2.05, 4.69) is 4.98 Å². The fraction of sp³-hybridized carbons (Fsp3) is 0.368. The van der Waals surface area contributed by atoms with Crippen molar-refractivity contribution in [3.05, 3.63) is 57.8 Å². The second kappa shape index (κ2) is 7.81. The lowest BCUT2D eigenvalue weighted by Crippen LogP contribution is -2.40. The Balaban J connectivity index is 1.98. The van der Waals surface area contributed by atoms with E-state index in [1.54, 1.807) is 0 Å². The molecule has 0 spiro atoms. The first-order valence-electron chi connectivity index (χ1n) is 8.73. The van der Waals surface area contributed by atoms with Crippen molar-refractivity contribution in [2.45, 2.75) is 30.5 Å². The van der Waals surface area contributed by atoms with Gasteiger partial charge in [0.1, 0.15) is 11.3 Å². The number of aromatic nitrogens is 1. The Bertz CT molecular complexity index is 958. The van der Waals surface area contributed by atoms with E-state index >= 15 is 0 Å². The quantitative estimate of drug-likeness (QED) is 0.378. The Morgan fingerprint density at radius 2 is 1.87 bits per heavy atom. The largest absolute Gasteiger partial charge is 0.481 e. The molecule has 1 unspecified atom stereocenters. The summed E-state index contributed by atoms with van der Waals surface area (Å²) in [6.07, 6.45) is -4.02. The molecule has 1 aromatic heterocycles. The Labute approximate surface area is 168 Å². The Morgan fingerprint density at radius 3 is 2.33 bits per heavy atom. The average molecular weight is 426 g/mol. The molecule has 11 heteroatoms. The second-order valence-corrected chi connectivity index (χ2v) is 6.71. The highest BCUT2D eigenvalue weighted by atomic mass is 19.4. The summed E-state index contributed by atoms with van der Waals surface area (Å²) >= 11 is 0. The normalized spacial score (nSPS) is 15.8. The van der Waals surface area contributed by atoms with Gasteiger partial charge in [-0.25, -0.2) is 9.78 Å². The number of rotatable bonds is 7. The maximum Gasteiger partial charge on any atom is 0.421 e. The van der Waals surface area contributed by atoms with E-state index in [1.165, 1.54) is 30.5 Å². The zero-order valence-corrected chi connectivity index (χ0v) is 15.9. The van der Waals surface area contributed by atoms with E-state index in [0.717, 1.165) is 20.3 Å². The number of esters is 1. The molecular weight excluding hydrogens is 409 g/mol. The number of nitrogens with zero attached hydrogens (tertiary/aromatic N) is 2. The van der Waals surface area contributed by atoms with E-state index in [1.807, 2.05) is 0 Å². The van der Waals surface area contributed by atoms with Crippen LogP contribution in [-0.2, 0) is 21.1 Å². The van der Waals surface area contributed by atoms with Crippen LogP contribution in [-0.4, -0.2) is 36.2 Å². The number of methoxy groups -OCH3 is 2. The highest BCUT2D eigenvalue weighted by Crippen LogP contribution is 2.53. The first-order valence-corrected chi connectivity index (χ1v) is 8.73. The van der Waals surface area contributed by atoms with Crippen molar-refractivity contribution in [1.29, 1.82) is 0 Å². The highest BCUT2D eigenvalue weighted by Gasteiger charge is 2.57. The van der Waals surface area contributed by atoms with Crippen molar-refractivity contribution in [3.8, 4) is 11.6 Å². The molecule has 3 rings (SSSR count). The second-order valence-electron chi connectivity index (χ2n) is 6.71. The van der Waals surface area contributed by atoms with Crippen LogP contribution < -0.4 is 9.47 Å². The predicted molar refractivity (Wildman–Crippen MR) is 96.2 cm³/mol. The van der Waals surface area contributed by atoms with E-state index in [4.69, 9.17) is 14.2 Å².